The van der Waals surface area contributed by atoms with E-state index in [2.05, 4.69) is 27.8 Å². The maximum absolute atomic E-state index is 13.6. The van der Waals surface area contributed by atoms with Crippen LogP contribution in [-0.4, -0.2) is 27.5 Å². The summed E-state index contributed by atoms with van der Waals surface area (Å²) in [5.74, 6) is -1.49. The van der Waals surface area contributed by atoms with Crippen LogP contribution in [0.4, 0.5) is 4.39 Å². The van der Waals surface area contributed by atoms with Crippen LogP contribution in [0.15, 0.2) is 34.2 Å². The molecule has 1 rings (SSSR count). The van der Waals surface area contributed by atoms with Crippen LogP contribution < -0.4 is 15.2 Å². The molecule has 6 nitrogen and oxygen atoms in total. The van der Waals surface area contributed by atoms with Crippen LogP contribution in [-0.2, 0) is 14.8 Å². The molecule has 0 saturated carbocycles. The first-order valence-electron chi connectivity index (χ1n) is 5.28. The van der Waals surface area contributed by atoms with Crippen LogP contribution in [0.2, 0.25) is 0 Å². The molecule has 0 aliphatic heterocycles. The Labute approximate surface area is 124 Å². The van der Waals surface area contributed by atoms with Crippen LogP contribution >= 0.6 is 15.9 Å². The minimum Gasteiger partial charge on any atom is -0.482 e. The van der Waals surface area contributed by atoms with Crippen molar-refractivity contribution in [3.63, 3.8) is 0 Å². The maximum Gasteiger partial charge on any atom is 0.258 e. The molecule has 0 fully saturated rings. The lowest BCUT2D eigenvalue weighted by Crippen LogP contribution is -2.28. The quantitative estimate of drug-likeness (QED) is 0.731. The molecular weight excluding hydrogens is 355 g/mol. The highest BCUT2D eigenvalue weighted by molar-refractivity contribution is 9.10. The van der Waals surface area contributed by atoms with Gasteiger partial charge in [0.25, 0.3) is 5.91 Å². The number of hydrogen-bond acceptors (Lipinski definition) is 4. The molecule has 0 spiro atoms. The number of rotatable bonds is 6. The number of halogens is 2. The van der Waals surface area contributed by atoms with Gasteiger partial charge in [0.05, 0.1) is 4.47 Å². The molecule has 0 atom stereocenters. The van der Waals surface area contributed by atoms with E-state index in [1.165, 1.54) is 6.08 Å². The second-order valence-corrected chi connectivity index (χ2v) is 6.02. The highest BCUT2D eigenvalue weighted by Gasteiger charge is 2.18. The van der Waals surface area contributed by atoms with Gasteiger partial charge in [-0.2, -0.15) is 0 Å². The number of sulfonamides is 1. The van der Waals surface area contributed by atoms with Gasteiger partial charge in [0.2, 0.25) is 10.0 Å². The van der Waals surface area contributed by atoms with E-state index in [9.17, 15) is 17.6 Å². The number of primary sulfonamides is 1. The maximum atomic E-state index is 13.6. The third kappa shape index (κ3) is 4.58. The van der Waals surface area contributed by atoms with Crippen molar-refractivity contribution in [1.29, 1.82) is 0 Å². The van der Waals surface area contributed by atoms with Gasteiger partial charge >= 0.3 is 0 Å². The fourth-order valence-corrected chi connectivity index (χ4v) is 2.44. The van der Waals surface area contributed by atoms with Crippen molar-refractivity contribution in [1.82, 2.24) is 5.32 Å². The summed E-state index contributed by atoms with van der Waals surface area (Å²) in [5, 5.41) is 7.32. The van der Waals surface area contributed by atoms with Crippen LogP contribution in [0.3, 0.4) is 0 Å². The van der Waals surface area contributed by atoms with E-state index in [0.717, 1.165) is 12.1 Å². The molecule has 20 heavy (non-hydrogen) atoms. The Morgan fingerprint density at radius 2 is 2.20 bits per heavy atom. The number of hydrogen-bond donors (Lipinski definition) is 2. The first-order chi connectivity index (χ1) is 9.25. The highest BCUT2D eigenvalue weighted by atomic mass is 79.9. The van der Waals surface area contributed by atoms with Crippen molar-refractivity contribution in [3.05, 3.63) is 35.1 Å². The molecule has 0 aromatic heterocycles. The van der Waals surface area contributed by atoms with Gasteiger partial charge in [0, 0.05) is 12.6 Å². The molecule has 0 aliphatic rings. The molecule has 1 amide bonds. The second-order valence-electron chi connectivity index (χ2n) is 3.64. The van der Waals surface area contributed by atoms with Crippen LogP contribution in [0.1, 0.15) is 0 Å². The van der Waals surface area contributed by atoms with Crippen LogP contribution in [0, 0.1) is 5.82 Å². The predicted molar refractivity (Wildman–Crippen MR) is 74.2 cm³/mol. The molecule has 0 radical (unpaired) electrons. The van der Waals surface area contributed by atoms with Gasteiger partial charge in [-0.1, -0.05) is 6.08 Å². The van der Waals surface area contributed by atoms with E-state index >= 15 is 0 Å². The lowest BCUT2D eigenvalue weighted by Gasteiger charge is -2.10. The van der Waals surface area contributed by atoms with Crippen LogP contribution in [0.5, 0.6) is 5.75 Å². The summed E-state index contributed by atoms with van der Waals surface area (Å²) in [6.07, 6.45) is 1.49. The molecule has 0 bridgehead atoms. The molecule has 0 saturated heterocycles. The van der Waals surface area contributed by atoms with Crippen molar-refractivity contribution >= 4 is 31.9 Å². The lowest BCUT2D eigenvalue weighted by molar-refractivity contribution is -0.122. The highest BCUT2D eigenvalue weighted by Crippen LogP contribution is 2.29. The summed E-state index contributed by atoms with van der Waals surface area (Å²) in [6, 6.07) is 1.81. The number of benzene rings is 1. The SMILES string of the molecule is C=CCNC(=O)COc1cc(F)c(S(N)(=O)=O)cc1Br. The third-order valence-electron chi connectivity index (χ3n) is 2.10. The molecule has 1 aromatic rings. The van der Waals surface area contributed by atoms with Crippen molar-refractivity contribution in [2.75, 3.05) is 13.2 Å². The standard InChI is InChI=1S/C11H12BrFN2O4S/c1-2-3-15-11(16)6-19-9-5-8(13)10(4-7(9)12)20(14,17)18/h2,4-5H,1,3,6H2,(H,15,16)(H2,14,17,18). The zero-order valence-corrected chi connectivity index (χ0v) is 12.6. The lowest BCUT2D eigenvalue weighted by atomic mass is 10.3. The summed E-state index contributed by atoms with van der Waals surface area (Å²) >= 11 is 3.02. The topological polar surface area (TPSA) is 98.5 Å². The largest absolute Gasteiger partial charge is 0.482 e. The van der Waals surface area contributed by atoms with E-state index in [1.807, 2.05) is 0 Å². The Kier molecular flexibility index (Phi) is 5.66. The summed E-state index contributed by atoms with van der Waals surface area (Å²) in [6.45, 7) is 3.36. The van der Waals surface area contributed by atoms with Gasteiger partial charge in [0.1, 0.15) is 16.5 Å². The zero-order valence-electron chi connectivity index (χ0n) is 10.2. The van der Waals surface area contributed by atoms with E-state index in [-0.39, 0.29) is 23.4 Å². The number of nitrogens with two attached hydrogens (primary N) is 1. The number of nitrogens with one attached hydrogen (secondary N) is 1. The summed E-state index contributed by atoms with van der Waals surface area (Å²) < 4.78 is 41.0. The molecule has 3 N–H and O–H groups in total. The van der Waals surface area contributed by atoms with Gasteiger partial charge in [-0.25, -0.2) is 17.9 Å². The minimum atomic E-state index is -4.17. The first-order valence-corrected chi connectivity index (χ1v) is 7.62. The fourth-order valence-electron chi connectivity index (χ4n) is 1.22. The number of ether oxygens (including phenoxy) is 1. The normalized spacial score (nSPS) is 10.9. The minimum absolute atomic E-state index is 0.0105. The average molecular weight is 367 g/mol. The molecule has 0 unspecified atom stereocenters. The van der Waals surface area contributed by atoms with Crippen molar-refractivity contribution < 1.29 is 22.3 Å². The molecule has 0 aliphatic carbocycles. The summed E-state index contributed by atoms with van der Waals surface area (Å²) in [5.41, 5.74) is 0. The van der Waals surface area contributed by atoms with E-state index < -0.39 is 26.6 Å². The monoisotopic (exact) mass is 366 g/mol. The van der Waals surface area contributed by atoms with Crippen LogP contribution in [0.25, 0.3) is 0 Å². The molecule has 110 valence electrons. The molecule has 0 heterocycles. The van der Waals surface area contributed by atoms with Gasteiger partial charge in [-0.3, -0.25) is 4.79 Å². The summed E-state index contributed by atoms with van der Waals surface area (Å²) in [7, 11) is -4.17. The Morgan fingerprint density at radius 1 is 1.55 bits per heavy atom. The van der Waals surface area contributed by atoms with E-state index in [0.29, 0.717) is 0 Å². The molecular formula is C11H12BrFN2O4S. The smallest absolute Gasteiger partial charge is 0.258 e. The number of carbonyl (C=O) groups is 1. The molecule has 9 heteroatoms. The Hall–Kier alpha value is -1.45. The van der Waals surface area contributed by atoms with Gasteiger partial charge in [-0.15, -0.1) is 6.58 Å². The Morgan fingerprint density at radius 3 is 2.75 bits per heavy atom. The van der Waals surface area contributed by atoms with Crippen molar-refractivity contribution in [2.24, 2.45) is 5.14 Å². The summed E-state index contributed by atoms with van der Waals surface area (Å²) in [4.78, 5) is 10.6. The first kappa shape index (κ1) is 16.6. The van der Waals surface area contributed by atoms with Crippen molar-refractivity contribution in [2.45, 2.75) is 4.90 Å². The second kappa shape index (κ2) is 6.82. The van der Waals surface area contributed by atoms with E-state index in [4.69, 9.17) is 9.88 Å². The van der Waals surface area contributed by atoms with Gasteiger partial charge in [0.15, 0.2) is 6.61 Å². The fraction of sp³-hybridized carbons (Fsp3) is 0.182. The number of amides is 1. The third-order valence-corrected chi connectivity index (χ3v) is 3.64. The van der Waals surface area contributed by atoms with Gasteiger partial charge < -0.3 is 10.1 Å². The number of carbonyl (C=O) groups excluding carboxylic acids is 1. The van der Waals surface area contributed by atoms with E-state index in [1.54, 1.807) is 0 Å². The molecule has 1 aromatic carbocycles. The Balaban J connectivity index is 2.86. The predicted octanol–water partition coefficient (Wildman–Crippen LogP) is 0.917. The average Bonchev–Trinajstić information content (AvgIpc) is 2.35. The zero-order chi connectivity index (χ0) is 15.3. The van der Waals surface area contributed by atoms with Crippen molar-refractivity contribution in [3.8, 4) is 5.75 Å². The Bertz CT molecular complexity index is 634. The van der Waals surface area contributed by atoms with Gasteiger partial charge in [-0.05, 0) is 22.0 Å².